The number of hydrogen-bond donors (Lipinski definition) is 3. The Kier molecular flexibility index (Phi) is 6.07. The summed E-state index contributed by atoms with van der Waals surface area (Å²) in [5.74, 6) is 2.94. The summed E-state index contributed by atoms with van der Waals surface area (Å²) in [6.45, 7) is 0.596. The number of aromatic nitrogens is 1. The normalized spacial score (nSPS) is 21.8. The SMILES string of the molecule is CS1(Cc2cc(C3=NC=CC3)ccc2-c2ccccc2SNC2=C(N)C=NC2)CNc2ncccc21. The minimum Gasteiger partial charge on any atom is -0.396 e. The van der Waals surface area contributed by atoms with Crippen molar-refractivity contribution in [2.45, 2.75) is 22.0 Å². The van der Waals surface area contributed by atoms with Crippen LogP contribution in [0.1, 0.15) is 17.5 Å². The zero-order chi connectivity index (χ0) is 24.5. The number of pyridine rings is 1. The number of benzene rings is 2. The Morgan fingerprint density at radius 2 is 2.03 bits per heavy atom. The number of aliphatic imine (C=N–C) groups is 2. The maximum Gasteiger partial charge on any atom is 0.138 e. The van der Waals surface area contributed by atoms with Crippen LogP contribution in [0.25, 0.3) is 11.1 Å². The van der Waals surface area contributed by atoms with E-state index in [1.807, 2.05) is 12.4 Å². The molecule has 0 amide bonds. The maximum absolute atomic E-state index is 6.07. The van der Waals surface area contributed by atoms with Gasteiger partial charge in [0.15, 0.2) is 0 Å². The summed E-state index contributed by atoms with van der Waals surface area (Å²) in [5, 5.41) is 3.56. The van der Waals surface area contributed by atoms with Gasteiger partial charge in [-0.3, -0.25) is 9.98 Å². The van der Waals surface area contributed by atoms with Gasteiger partial charge in [-0.05, 0) is 64.7 Å². The molecule has 4 heterocycles. The Morgan fingerprint density at radius 1 is 1.11 bits per heavy atom. The van der Waals surface area contributed by atoms with Gasteiger partial charge in [-0.25, -0.2) is 4.98 Å². The van der Waals surface area contributed by atoms with Gasteiger partial charge in [-0.1, -0.05) is 36.4 Å². The van der Waals surface area contributed by atoms with E-state index in [0.717, 1.165) is 40.2 Å². The molecule has 0 bridgehead atoms. The van der Waals surface area contributed by atoms with Gasteiger partial charge in [-0.15, -0.1) is 0 Å². The van der Waals surface area contributed by atoms with Gasteiger partial charge in [0, 0.05) is 40.6 Å². The quantitative estimate of drug-likeness (QED) is 0.354. The van der Waals surface area contributed by atoms with Crippen molar-refractivity contribution in [1.82, 2.24) is 9.71 Å². The van der Waals surface area contributed by atoms with E-state index in [0.29, 0.717) is 12.2 Å². The summed E-state index contributed by atoms with van der Waals surface area (Å²) in [5.41, 5.74) is 13.9. The molecule has 1 unspecified atom stereocenters. The van der Waals surface area contributed by atoms with E-state index in [2.05, 4.69) is 91.9 Å². The molecule has 0 saturated heterocycles. The highest BCUT2D eigenvalue weighted by molar-refractivity contribution is 8.33. The zero-order valence-electron chi connectivity index (χ0n) is 20.1. The van der Waals surface area contributed by atoms with E-state index in [1.54, 1.807) is 18.2 Å². The van der Waals surface area contributed by atoms with Gasteiger partial charge in [0.25, 0.3) is 0 Å². The molecule has 1 aromatic heterocycles. The van der Waals surface area contributed by atoms with Crippen LogP contribution in [0.15, 0.2) is 104 Å². The molecule has 4 N–H and O–H groups in total. The fourth-order valence-electron chi connectivity index (χ4n) is 4.80. The Balaban J connectivity index is 1.39. The number of nitrogens with two attached hydrogens (primary N) is 1. The lowest BCUT2D eigenvalue weighted by Gasteiger charge is -2.32. The molecule has 3 aromatic rings. The average molecular weight is 513 g/mol. The van der Waals surface area contributed by atoms with Crippen LogP contribution >= 0.6 is 22.0 Å². The first-order chi connectivity index (χ1) is 17.6. The minimum absolute atomic E-state index is 0.596. The highest BCUT2D eigenvalue weighted by Gasteiger charge is 2.31. The average Bonchev–Trinajstić information content (AvgIpc) is 3.65. The third-order valence-corrected chi connectivity index (χ3v) is 10.8. The second kappa shape index (κ2) is 9.52. The molecule has 6 nitrogen and oxygen atoms in total. The standard InChI is InChI=1S/C28H28N6S2/c1-36(18-33-28-27(36)9-5-13-32-28)17-20-14-19(24-7-4-12-31-24)10-11-21(20)22-6-2-3-8-26(22)35-34-25-16-30-15-23(25)29/h2-6,8-15,34H,7,16-18,29H2,1H3,(H,32,33). The van der Waals surface area contributed by atoms with Gasteiger partial charge < -0.3 is 15.8 Å². The molecule has 6 rings (SSSR count). The molecule has 3 aliphatic heterocycles. The second-order valence-corrected chi connectivity index (χ2v) is 13.6. The molecular formula is C28H28N6S2. The predicted molar refractivity (Wildman–Crippen MR) is 154 cm³/mol. The van der Waals surface area contributed by atoms with Gasteiger partial charge in [0.2, 0.25) is 0 Å². The fraction of sp³-hybridized carbons (Fsp3) is 0.179. The van der Waals surface area contributed by atoms with Crippen molar-refractivity contribution in [3.63, 3.8) is 0 Å². The van der Waals surface area contributed by atoms with Crippen molar-refractivity contribution in [1.29, 1.82) is 0 Å². The number of anilines is 1. The Bertz CT molecular complexity index is 1460. The van der Waals surface area contributed by atoms with Crippen molar-refractivity contribution >= 4 is 39.7 Å². The summed E-state index contributed by atoms with van der Waals surface area (Å²) in [6.07, 6.45) is 10.9. The first-order valence-electron chi connectivity index (χ1n) is 11.9. The van der Waals surface area contributed by atoms with E-state index in [4.69, 9.17) is 5.73 Å². The third kappa shape index (κ3) is 4.31. The molecule has 8 heteroatoms. The Morgan fingerprint density at radius 3 is 2.86 bits per heavy atom. The molecule has 36 heavy (non-hydrogen) atoms. The van der Waals surface area contributed by atoms with E-state index >= 15 is 0 Å². The van der Waals surface area contributed by atoms with Crippen LogP contribution in [0.5, 0.6) is 0 Å². The molecule has 1 atom stereocenters. The minimum atomic E-state index is -1.12. The lowest BCUT2D eigenvalue weighted by atomic mass is 9.96. The molecule has 0 fully saturated rings. The van der Waals surface area contributed by atoms with Crippen molar-refractivity contribution in [3.8, 4) is 11.1 Å². The third-order valence-electron chi connectivity index (χ3n) is 6.71. The van der Waals surface area contributed by atoms with Gasteiger partial charge in [0.1, 0.15) is 5.82 Å². The van der Waals surface area contributed by atoms with Crippen molar-refractivity contribution < 1.29 is 0 Å². The van der Waals surface area contributed by atoms with E-state index in [-0.39, 0.29) is 0 Å². The Hall–Kier alpha value is -3.49. The van der Waals surface area contributed by atoms with Gasteiger partial charge >= 0.3 is 0 Å². The molecule has 3 aliphatic rings. The summed E-state index contributed by atoms with van der Waals surface area (Å²) in [4.78, 5) is 16.0. The molecule has 182 valence electrons. The van der Waals surface area contributed by atoms with Crippen LogP contribution in [0.2, 0.25) is 0 Å². The van der Waals surface area contributed by atoms with Gasteiger partial charge in [0.05, 0.1) is 29.5 Å². The number of fused-ring (bicyclic) bond motifs is 1. The van der Waals surface area contributed by atoms with Crippen molar-refractivity contribution in [2.24, 2.45) is 15.7 Å². The van der Waals surface area contributed by atoms with E-state index < -0.39 is 10.0 Å². The molecule has 0 spiro atoms. The smallest absolute Gasteiger partial charge is 0.138 e. The topological polar surface area (TPSA) is 87.7 Å². The van der Waals surface area contributed by atoms with Crippen LogP contribution in [0.4, 0.5) is 5.82 Å². The van der Waals surface area contributed by atoms with Crippen LogP contribution in [0, 0.1) is 0 Å². The first-order valence-corrected chi connectivity index (χ1v) is 15.1. The highest BCUT2D eigenvalue weighted by Crippen LogP contribution is 2.61. The Labute approximate surface area is 217 Å². The molecule has 0 saturated carbocycles. The van der Waals surface area contributed by atoms with E-state index in [1.165, 1.54) is 27.1 Å². The number of hydrogen-bond acceptors (Lipinski definition) is 7. The number of nitrogens with zero attached hydrogens (tertiary/aromatic N) is 3. The second-order valence-electron chi connectivity index (χ2n) is 9.23. The lowest BCUT2D eigenvalue weighted by molar-refractivity contribution is 1.07. The molecule has 0 aliphatic carbocycles. The van der Waals surface area contributed by atoms with Gasteiger partial charge in [-0.2, -0.15) is 10.0 Å². The molecule has 2 aromatic carbocycles. The predicted octanol–water partition coefficient (Wildman–Crippen LogP) is 5.68. The largest absolute Gasteiger partial charge is 0.396 e. The lowest BCUT2D eigenvalue weighted by Crippen LogP contribution is -2.11. The molecular weight excluding hydrogens is 484 g/mol. The number of allylic oxidation sites excluding steroid dienone is 2. The maximum atomic E-state index is 6.07. The fourth-order valence-corrected chi connectivity index (χ4v) is 8.44. The monoisotopic (exact) mass is 512 g/mol. The number of rotatable bonds is 7. The first kappa shape index (κ1) is 22.9. The summed E-state index contributed by atoms with van der Waals surface area (Å²) >= 11 is 1.59. The van der Waals surface area contributed by atoms with E-state index in [9.17, 15) is 0 Å². The van der Waals surface area contributed by atoms with Crippen molar-refractivity contribution in [3.05, 3.63) is 95.6 Å². The number of nitrogens with one attached hydrogen (secondary N) is 2. The van der Waals surface area contributed by atoms with Crippen LogP contribution in [-0.2, 0) is 5.75 Å². The summed E-state index contributed by atoms with van der Waals surface area (Å²) in [7, 11) is -1.12. The highest BCUT2D eigenvalue weighted by atomic mass is 32.3. The van der Waals surface area contributed by atoms with Crippen LogP contribution < -0.4 is 15.8 Å². The zero-order valence-corrected chi connectivity index (χ0v) is 21.7. The summed E-state index contributed by atoms with van der Waals surface area (Å²) in [6, 6.07) is 19.7. The van der Waals surface area contributed by atoms with Crippen LogP contribution in [-0.4, -0.2) is 35.6 Å². The van der Waals surface area contributed by atoms with Crippen LogP contribution in [0.3, 0.4) is 0 Å². The molecule has 0 radical (unpaired) electrons. The summed E-state index contributed by atoms with van der Waals surface area (Å²) < 4.78 is 3.43. The van der Waals surface area contributed by atoms with Crippen molar-refractivity contribution in [2.75, 3.05) is 24.0 Å².